The van der Waals surface area contributed by atoms with Crippen LogP contribution >= 0.6 is 0 Å². The van der Waals surface area contributed by atoms with Crippen LogP contribution in [0.2, 0.25) is 0 Å². The average molecular weight is 141 g/mol. The molecule has 1 N–H and O–H groups in total. The Bertz CT molecular complexity index is 103. The second-order valence-corrected chi connectivity index (χ2v) is 4.13. The highest BCUT2D eigenvalue weighted by atomic mass is 14.8. The van der Waals surface area contributed by atoms with E-state index in [1.54, 1.807) is 0 Å². The van der Waals surface area contributed by atoms with Gasteiger partial charge in [0.2, 0.25) is 0 Å². The van der Waals surface area contributed by atoms with Gasteiger partial charge in [0.25, 0.3) is 0 Å². The SMILES string of the molecule is CNCC1(CC(C)C)CC1. The van der Waals surface area contributed by atoms with E-state index in [0.717, 1.165) is 5.92 Å². The van der Waals surface area contributed by atoms with Gasteiger partial charge in [-0.2, -0.15) is 0 Å². The van der Waals surface area contributed by atoms with Crippen molar-refractivity contribution in [2.75, 3.05) is 13.6 Å². The van der Waals surface area contributed by atoms with Crippen LogP contribution in [0.5, 0.6) is 0 Å². The quantitative estimate of drug-likeness (QED) is 0.631. The standard InChI is InChI=1S/C9H19N/c1-8(2)6-9(4-5-9)7-10-3/h8,10H,4-7H2,1-3H3. The lowest BCUT2D eigenvalue weighted by atomic mass is 9.94. The maximum Gasteiger partial charge on any atom is 0.000491 e. The van der Waals surface area contributed by atoms with Crippen LogP contribution in [0.1, 0.15) is 33.1 Å². The van der Waals surface area contributed by atoms with Crippen LogP contribution in [0.4, 0.5) is 0 Å². The minimum atomic E-state index is 0.711. The smallest absolute Gasteiger partial charge is 0.000491 e. The van der Waals surface area contributed by atoms with E-state index in [1.807, 2.05) is 0 Å². The van der Waals surface area contributed by atoms with E-state index in [9.17, 15) is 0 Å². The highest BCUT2D eigenvalue weighted by Crippen LogP contribution is 2.49. The van der Waals surface area contributed by atoms with Crippen molar-refractivity contribution in [3.8, 4) is 0 Å². The van der Waals surface area contributed by atoms with Crippen molar-refractivity contribution in [3.05, 3.63) is 0 Å². The van der Waals surface area contributed by atoms with Gasteiger partial charge >= 0.3 is 0 Å². The fraction of sp³-hybridized carbons (Fsp3) is 1.00. The first-order valence-corrected chi connectivity index (χ1v) is 4.33. The maximum absolute atomic E-state index is 3.28. The highest BCUT2D eigenvalue weighted by molar-refractivity contribution is 4.94. The molecule has 1 aliphatic carbocycles. The molecular formula is C9H19N. The summed E-state index contributed by atoms with van der Waals surface area (Å²) < 4.78 is 0. The van der Waals surface area contributed by atoms with Crippen molar-refractivity contribution in [2.45, 2.75) is 33.1 Å². The minimum Gasteiger partial charge on any atom is -0.319 e. The Morgan fingerprint density at radius 1 is 1.40 bits per heavy atom. The molecular weight excluding hydrogens is 122 g/mol. The summed E-state index contributed by atoms with van der Waals surface area (Å²) in [6, 6.07) is 0. The molecule has 10 heavy (non-hydrogen) atoms. The summed E-state index contributed by atoms with van der Waals surface area (Å²) in [6.45, 7) is 5.86. The number of hydrogen-bond donors (Lipinski definition) is 1. The van der Waals surface area contributed by atoms with Crippen LogP contribution in [-0.4, -0.2) is 13.6 Å². The molecule has 0 aromatic carbocycles. The summed E-state index contributed by atoms with van der Waals surface area (Å²) in [6.07, 6.45) is 4.31. The highest BCUT2D eigenvalue weighted by Gasteiger charge is 2.41. The summed E-state index contributed by atoms with van der Waals surface area (Å²) in [7, 11) is 2.06. The molecule has 0 aliphatic heterocycles. The van der Waals surface area contributed by atoms with Crippen molar-refractivity contribution in [1.82, 2.24) is 5.32 Å². The first kappa shape index (κ1) is 8.06. The third kappa shape index (κ3) is 1.98. The van der Waals surface area contributed by atoms with Gasteiger partial charge in [-0.15, -0.1) is 0 Å². The molecule has 1 fully saturated rings. The van der Waals surface area contributed by atoms with E-state index in [2.05, 4.69) is 26.2 Å². The number of rotatable bonds is 4. The summed E-state index contributed by atoms with van der Waals surface area (Å²) >= 11 is 0. The summed E-state index contributed by atoms with van der Waals surface area (Å²) in [4.78, 5) is 0. The molecule has 0 heterocycles. The zero-order chi connectivity index (χ0) is 7.61. The lowest BCUT2D eigenvalue weighted by molar-refractivity contribution is 0.377. The second-order valence-electron chi connectivity index (χ2n) is 4.13. The van der Waals surface area contributed by atoms with Gasteiger partial charge in [-0.25, -0.2) is 0 Å². The molecule has 60 valence electrons. The van der Waals surface area contributed by atoms with Crippen LogP contribution in [0.15, 0.2) is 0 Å². The normalized spacial score (nSPS) is 21.6. The molecule has 0 atom stereocenters. The van der Waals surface area contributed by atoms with Gasteiger partial charge in [-0.05, 0) is 37.6 Å². The van der Waals surface area contributed by atoms with Gasteiger partial charge in [0.1, 0.15) is 0 Å². The molecule has 0 saturated heterocycles. The molecule has 1 saturated carbocycles. The third-order valence-electron chi connectivity index (χ3n) is 2.35. The van der Waals surface area contributed by atoms with Crippen molar-refractivity contribution >= 4 is 0 Å². The molecule has 0 aromatic heterocycles. The third-order valence-corrected chi connectivity index (χ3v) is 2.35. The van der Waals surface area contributed by atoms with Gasteiger partial charge < -0.3 is 5.32 Å². The molecule has 0 spiro atoms. The molecule has 0 bridgehead atoms. The number of nitrogens with one attached hydrogen (secondary N) is 1. The Morgan fingerprint density at radius 3 is 2.30 bits per heavy atom. The van der Waals surface area contributed by atoms with E-state index in [-0.39, 0.29) is 0 Å². The van der Waals surface area contributed by atoms with Crippen molar-refractivity contribution in [2.24, 2.45) is 11.3 Å². The minimum absolute atomic E-state index is 0.711. The predicted octanol–water partition coefficient (Wildman–Crippen LogP) is 2.03. The Hall–Kier alpha value is -0.0400. The van der Waals surface area contributed by atoms with Crippen LogP contribution in [-0.2, 0) is 0 Å². The molecule has 0 radical (unpaired) electrons. The van der Waals surface area contributed by atoms with Gasteiger partial charge in [-0.1, -0.05) is 13.8 Å². The monoisotopic (exact) mass is 141 g/mol. The molecule has 1 rings (SSSR count). The Balaban J connectivity index is 2.23. The summed E-state index contributed by atoms with van der Waals surface area (Å²) in [5.74, 6) is 0.871. The average Bonchev–Trinajstić information content (AvgIpc) is 2.47. The topological polar surface area (TPSA) is 12.0 Å². The van der Waals surface area contributed by atoms with Crippen LogP contribution in [0.25, 0.3) is 0 Å². The fourth-order valence-electron chi connectivity index (χ4n) is 1.87. The van der Waals surface area contributed by atoms with Gasteiger partial charge in [-0.3, -0.25) is 0 Å². The van der Waals surface area contributed by atoms with Crippen molar-refractivity contribution in [3.63, 3.8) is 0 Å². The zero-order valence-corrected chi connectivity index (χ0v) is 7.41. The van der Waals surface area contributed by atoms with Gasteiger partial charge in [0.15, 0.2) is 0 Å². The Morgan fingerprint density at radius 2 is 2.00 bits per heavy atom. The molecule has 1 nitrogen and oxygen atoms in total. The van der Waals surface area contributed by atoms with Crippen LogP contribution < -0.4 is 5.32 Å². The maximum atomic E-state index is 3.28. The van der Waals surface area contributed by atoms with Crippen LogP contribution in [0.3, 0.4) is 0 Å². The zero-order valence-electron chi connectivity index (χ0n) is 7.41. The van der Waals surface area contributed by atoms with Crippen molar-refractivity contribution in [1.29, 1.82) is 0 Å². The van der Waals surface area contributed by atoms with Gasteiger partial charge in [0.05, 0.1) is 0 Å². The lowest BCUT2D eigenvalue weighted by Crippen LogP contribution is -2.21. The van der Waals surface area contributed by atoms with E-state index < -0.39 is 0 Å². The van der Waals surface area contributed by atoms with Gasteiger partial charge in [0, 0.05) is 6.54 Å². The van der Waals surface area contributed by atoms with Crippen LogP contribution in [0, 0.1) is 11.3 Å². The summed E-state index contributed by atoms with van der Waals surface area (Å²) in [5, 5.41) is 3.28. The van der Waals surface area contributed by atoms with E-state index >= 15 is 0 Å². The second kappa shape index (κ2) is 2.91. The Kier molecular flexibility index (Phi) is 2.35. The van der Waals surface area contributed by atoms with E-state index in [4.69, 9.17) is 0 Å². The number of hydrogen-bond acceptors (Lipinski definition) is 1. The van der Waals surface area contributed by atoms with E-state index in [1.165, 1.54) is 25.8 Å². The van der Waals surface area contributed by atoms with E-state index in [0.29, 0.717) is 5.41 Å². The predicted molar refractivity (Wildman–Crippen MR) is 45.0 cm³/mol. The lowest BCUT2D eigenvalue weighted by Gasteiger charge is -2.16. The molecule has 0 aromatic rings. The molecule has 0 unspecified atom stereocenters. The summed E-state index contributed by atoms with van der Waals surface area (Å²) in [5.41, 5.74) is 0.711. The first-order chi connectivity index (χ1) is 4.68. The first-order valence-electron chi connectivity index (χ1n) is 4.33. The molecule has 0 amide bonds. The van der Waals surface area contributed by atoms with Crippen molar-refractivity contribution < 1.29 is 0 Å². The fourth-order valence-corrected chi connectivity index (χ4v) is 1.87. The largest absolute Gasteiger partial charge is 0.319 e. The molecule has 1 aliphatic rings. The molecule has 1 heteroatoms. The Labute approximate surface area is 64.2 Å².